The standard InChI is InChI=1S/C28H40N2O6S2/c1-3-30(24-9-6-5-7-10-24)38(33,34)28-18-16-27(17-19-28)37(31,32)29(22-26-11-8-20-36-26)21-23-12-14-25(15-13-23)35-4-2/h12-19,24,26H,3-11,20-22H2,1-2H3/t26-/m0/s1. The first-order valence-corrected chi connectivity index (χ1v) is 16.6. The van der Waals surface area contributed by atoms with E-state index in [4.69, 9.17) is 9.47 Å². The Kier molecular flexibility index (Phi) is 9.86. The molecular weight excluding hydrogens is 524 g/mol. The lowest BCUT2D eigenvalue weighted by Crippen LogP contribution is -2.41. The molecule has 210 valence electrons. The summed E-state index contributed by atoms with van der Waals surface area (Å²) >= 11 is 0. The zero-order chi connectivity index (χ0) is 27.2. The fourth-order valence-electron chi connectivity index (χ4n) is 5.39. The van der Waals surface area contributed by atoms with Gasteiger partial charge in [-0.3, -0.25) is 0 Å². The van der Waals surface area contributed by atoms with Crippen molar-refractivity contribution >= 4 is 20.0 Å². The van der Waals surface area contributed by atoms with Crippen molar-refractivity contribution in [1.82, 2.24) is 8.61 Å². The number of sulfonamides is 2. The highest BCUT2D eigenvalue weighted by Gasteiger charge is 2.33. The smallest absolute Gasteiger partial charge is 0.243 e. The van der Waals surface area contributed by atoms with Crippen LogP contribution in [0.5, 0.6) is 5.75 Å². The maximum atomic E-state index is 13.8. The van der Waals surface area contributed by atoms with Gasteiger partial charge in [0.15, 0.2) is 0 Å². The summed E-state index contributed by atoms with van der Waals surface area (Å²) in [6.07, 6.45) is 6.47. The van der Waals surface area contributed by atoms with Crippen LogP contribution in [-0.2, 0) is 31.3 Å². The van der Waals surface area contributed by atoms with Crippen molar-refractivity contribution in [3.05, 3.63) is 54.1 Å². The van der Waals surface area contributed by atoms with Crippen LogP contribution in [0.2, 0.25) is 0 Å². The van der Waals surface area contributed by atoms with Gasteiger partial charge in [0.05, 0.1) is 22.5 Å². The Bertz CT molecular complexity index is 1240. The van der Waals surface area contributed by atoms with Gasteiger partial charge in [-0.2, -0.15) is 8.61 Å². The summed E-state index contributed by atoms with van der Waals surface area (Å²) < 4.78 is 68.7. The Morgan fingerprint density at radius 2 is 1.45 bits per heavy atom. The second-order valence-corrected chi connectivity index (χ2v) is 13.8. The molecule has 0 unspecified atom stereocenters. The summed E-state index contributed by atoms with van der Waals surface area (Å²) in [5.41, 5.74) is 0.834. The lowest BCUT2D eigenvalue weighted by atomic mass is 9.95. The summed E-state index contributed by atoms with van der Waals surface area (Å²) in [4.78, 5) is 0.196. The SMILES string of the molecule is CCOc1ccc(CN(C[C@@H]2CCCO2)S(=O)(=O)c2ccc(S(=O)(=O)N(CC)C3CCCCC3)cc2)cc1. The zero-order valence-electron chi connectivity index (χ0n) is 22.4. The zero-order valence-corrected chi connectivity index (χ0v) is 24.1. The number of hydrogen-bond donors (Lipinski definition) is 0. The predicted octanol–water partition coefficient (Wildman–Crippen LogP) is 4.80. The average Bonchev–Trinajstić information content (AvgIpc) is 3.44. The summed E-state index contributed by atoms with van der Waals surface area (Å²) in [7, 11) is -7.62. The molecule has 0 radical (unpaired) electrons. The average molecular weight is 565 g/mol. The van der Waals surface area contributed by atoms with Gasteiger partial charge in [-0.1, -0.05) is 38.3 Å². The topological polar surface area (TPSA) is 93.2 Å². The van der Waals surface area contributed by atoms with Gasteiger partial charge in [-0.25, -0.2) is 16.8 Å². The van der Waals surface area contributed by atoms with E-state index in [0.29, 0.717) is 19.8 Å². The Labute approximate surface area is 228 Å². The van der Waals surface area contributed by atoms with Crippen LogP contribution in [0.15, 0.2) is 58.3 Å². The predicted molar refractivity (Wildman–Crippen MR) is 147 cm³/mol. The van der Waals surface area contributed by atoms with Gasteiger partial charge in [0, 0.05) is 32.3 Å². The van der Waals surface area contributed by atoms with Gasteiger partial charge in [0.1, 0.15) is 5.75 Å². The Morgan fingerprint density at radius 3 is 2.00 bits per heavy atom. The third kappa shape index (κ3) is 6.77. The van der Waals surface area contributed by atoms with Gasteiger partial charge in [-0.05, 0) is 74.6 Å². The molecule has 8 nitrogen and oxygen atoms in total. The molecule has 0 spiro atoms. The first-order valence-electron chi connectivity index (χ1n) is 13.7. The van der Waals surface area contributed by atoms with E-state index in [2.05, 4.69) is 0 Å². The fraction of sp³-hybridized carbons (Fsp3) is 0.571. The first-order chi connectivity index (χ1) is 18.3. The van der Waals surface area contributed by atoms with Crippen molar-refractivity contribution in [2.45, 2.75) is 87.3 Å². The van der Waals surface area contributed by atoms with Crippen molar-refractivity contribution in [3.8, 4) is 5.75 Å². The number of rotatable bonds is 12. The van der Waals surface area contributed by atoms with E-state index in [1.807, 2.05) is 38.1 Å². The molecule has 1 aliphatic heterocycles. The molecule has 2 aliphatic rings. The van der Waals surface area contributed by atoms with Crippen LogP contribution in [-0.4, -0.2) is 63.9 Å². The molecule has 2 aromatic rings. The van der Waals surface area contributed by atoms with Crippen LogP contribution >= 0.6 is 0 Å². The van der Waals surface area contributed by atoms with Gasteiger partial charge >= 0.3 is 0 Å². The largest absolute Gasteiger partial charge is 0.494 e. The summed E-state index contributed by atoms with van der Waals surface area (Å²) in [6, 6.07) is 13.1. The first kappa shape index (κ1) is 29.0. The van der Waals surface area contributed by atoms with E-state index in [1.54, 1.807) is 4.31 Å². The van der Waals surface area contributed by atoms with E-state index in [1.165, 1.54) is 28.6 Å². The van der Waals surface area contributed by atoms with Crippen LogP contribution in [0, 0.1) is 0 Å². The van der Waals surface area contributed by atoms with Gasteiger partial charge in [-0.15, -0.1) is 0 Å². The Morgan fingerprint density at radius 1 is 0.816 bits per heavy atom. The van der Waals surface area contributed by atoms with Crippen LogP contribution < -0.4 is 4.74 Å². The molecule has 10 heteroatoms. The Hall–Kier alpha value is -1.98. The molecule has 1 heterocycles. The number of hydrogen-bond acceptors (Lipinski definition) is 6. The fourth-order valence-corrected chi connectivity index (χ4v) is 8.54. The highest BCUT2D eigenvalue weighted by atomic mass is 32.2. The van der Waals surface area contributed by atoms with Crippen LogP contribution in [0.1, 0.15) is 64.4 Å². The minimum absolute atomic E-state index is 0.00169. The molecule has 1 saturated heterocycles. The van der Waals surface area contributed by atoms with E-state index >= 15 is 0 Å². The molecule has 1 aliphatic carbocycles. The minimum Gasteiger partial charge on any atom is -0.494 e. The molecule has 0 bridgehead atoms. The molecule has 0 amide bonds. The maximum Gasteiger partial charge on any atom is 0.243 e. The molecule has 0 aromatic heterocycles. The summed E-state index contributed by atoms with van der Waals surface area (Å²) in [5, 5.41) is 0. The number of nitrogens with zero attached hydrogens (tertiary/aromatic N) is 2. The molecule has 4 rings (SSSR count). The summed E-state index contributed by atoms with van der Waals surface area (Å²) in [5.74, 6) is 0.732. The lowest BCUT2D eigenvalue weighted by Gasteiger charge is -2.32. The number of ether oxygens (including phenoxy) is 2. The molecular formula is C28H40N2O6S2. The number of benzene rings is 2. The van der Waals surface area contributed by atoms with Gasteiger partial charge in [0.25, 0.3) is 0 Å². The molecule has 2 fully saturated rings. The van der Waals surface area contributed by atoms with Gasteiger partial charge in [0.2, 0.25) is 20.0 Å². The van der Waals surface area contributed by atoms with Crippen LogP contribution in [0.25, 0.3) is 0 Å². The molecule has 0 N–H and O–H groups in total. The third-order valence-electron chi connectivity index (χ3n) is 7.39. The normalized spacial score (nSPS) is 19.3. The lowest BCUT2D eigenvalue weighted by molar-refractivity contribution is 0.0926. The van der Waals surface area contributed by atoms with Crippen LogP contribution in [0.3, 0.4) is 0 Å². The van der Waals surface area contributed by atoms with Crippen molar-refractivity contribution in [3.63, 3.8) is 0 Å². The third-order valence-corrected chi connectivity index (χ3v) is 11.3. The Balaban J connectivity index is 1.57. The van der Waals surface area contributed by atoms with Crippen molar-refractivity contribution in [2.24, 2.45) is 0 Å². The molecule has 1 saturated carbocycles. The maximum absolute atomic E-state index is 13.8. The van der Waals surface area contributed by atoms with E-state index in [9.17, 15) is 16.8 Å². The minimum atomic E-state index is -3.90. The van der Waals surface area contributed by atoms with Crippen LogP contribution in [0.4, 0.5) is 0 Å². The second-order valence-electron chi connectivity index (χ2n) is 9.98. The van der Waals surface area contributed by atoms with E-state index in [0.717, 1.165) is 56.3 Å². The molecule has 2 aromatic carbocycles. The highest BCUT2D eigenvalue weighted by Crippen LogP contribution is 2.29. The van der Waals surface area contributed by atoms with Gasteiger partial charge < -0.3 is 9.47 Å². The van der Waals surface area contributed by atoms with Crippen molar-refractivity contribution in [2.75, 3.05) is 26.3 Å². The van der Waals surface area contributed by atoms with Crippen molar-refractivity contribution in [1.29, 1.82) is 0 Å². The highest BCUT2D eigenvalue weighted by molar-refractivity contribution is 7.89. The summed E-state index contributed by atoms with van der Waals surface area (Å²) in [6.45, 7) is 5.76. The molecule has 1 atom stereocenters. The van der Waals surface area contributed by atoms with E-state index < -0.39 is 20.0 Å². The van der Waals surface area contributed by atoms with E-state index in [-0.39, 0.29) is 35.0 Å². The van der Waals surface area contributed by atoms with Crippen molar-refractivity contribution < 1.29 is 26.3 Å². The quantitative estimate of drug-likeness (QED) is 0.368. The monoisotopic (exact) mass is 564 g/mol. The second kappa shape index (κ2) is 12.9. The molecule has 38 heavy (non-hydrogen) atoms.